The van der Waals surface area contributed by atoms with Gasteiger partial charge in [0.05, 0.1) is 0 Å². The van der Waals surface area contributed by atoms with Crippen molar-refractivity contribution >= 4 is 46.4 Å². The summed E-state index contributed by atoms with van der Waals surface area (Å²) in [6.07, 6.45) is 4.72. The average Bonchev–Trinajstić information content (AvgIpc) is 2.67. The Balaban J connectivity index is 1.85. The fourth-order valence-electron chi connectivity index (χ4n) is 3.28. The molecule has 0 aromatic heterocycles. The summed E-state index contributed by atoms with van der Waals surface area (Å²) in [6, 6.07) is 0. The summed E-state index contributed by atoms with van der Waals surface area (Å²) in [6.45, 7) is 0. The fourth-order valence-corrected chi connectivity index (χ4v) is 5.16. The maximum Gasteiger partial charge on any atom is 0.125 e. The Labute approximate surface area is 104 Å². The first-order valence-electron chi connectivity index (χ1n) is 5.23. The first-order chi connectivity index (χ1) is 6.47. The lowest BCUT2D eigenvalue weighted by atomic mass is 10.0. The number of alkyl halides is 4. The molecular weight excluding hydrogens is 262 g/mol. The molecule has 0 bridgehead atoms. The Kier molecular flexibility index (Phi) is 2.13. The van der Waals surface area contributed by atoms with Gasteiger partial charge in [-0.05, 0) is 24.7 Å². The highest BCUT2D eigenvalue weighted by molar-refractivity contribution is 6.53. The van der Waals surface area contributed by atoms with Gasteiger partial charge >= 0.3 is 0 Å². The van der Waals surface area contributed by atoms with E-state index in [9.17, 15) is 0 Å². The predicted octanol–water partition coefficient (Wildman–Crippen LogP) is 4.40. The summed E-state index contributed by atoms with van der Waals surface area (Å²) in [5, 5.41) is 0. The van der Waals surface area contributed by atoms with Crippen LogP contribution in [0.3, 0.4) is 0 Å². The molecule has 0 radical (unpaired) electrons. The van der Waals surface area contributed by atoms with Gasteiger partial charge in [-0.1, -0.05) is 12.8 Å². The van der Waals surface area contributed by atoms with Crippen LogP contribution in [0.5, 0.6) is 0 Å². The lowest BCUT2D eigenvalue weighted by molar-refractivity contribution is 0.467. The van der Waals surface area contributed by atoms with Crippen molar-refractivity contribution in [2.24, 2.45) is 23.7 Å². The van der Waals surface area contributed by atoms with Crippen LogP contribution in [0.1, 0.15) is 25.7 Å². The largest absolute Gasteiger partial charge is 0.125 e. The Morgan fingerprint density at radius 3 is 1.43 bits per heavy atom. The highest BCUT2D eigenvalue weighted by atomic mass is 35.5. The molecule has 4 heteroatoms. The van der Waals surface area contributed by atoms with Gasteiger partial charge in [-0.3, -0.25) is 0 Å². The van der Waals surface area contributed by atoms with Crippen molar-refractivity contribution in [1.29, 1.82) is 0 Å². The molecule has 0 aromatic carbocycles. The fraction of sp³-hybridized carbons (Fsp3) is 1.00. The van der Waals surface area contributed by atoms with Crippen LogP contribution in [0.25, 0.3) is 0 Å². The van der Waals surface area contributed by atoms with Gasteiger partial charge < -0.3 is 0 Å². The van der Waals surface area contributed by atoms with Gasteiger partial charge in [0.25, 0.3) is 0 Å². The van der Waals surface area contributed by atoms with E-state index in [1.165, 1.54) is 12.8 Å². The predicted molar refractivity (Wildman–Crippen MR) is 61.3 cm³/mol. The second kappa shape index (κ2) is 2.88. The summed E-state index contributed by atoms with van der Waals surface area (Å²) >= 11 is 25.0. The standard InChI is InChI=1S/C10H12Cl4/c11-9(12)5-3-1-2-4-6-8(7(5)9)10(6,13)14/h5-8H,1-4H2/t5-,6+,7-,8+. The molecule has 3 rings (SSSR count). The van der Waals surface area contributed by atoms with E-state index >= 15 is 0 Å². The molecule has 0 aromatic rings. The van der Waals surface area contributed by atoms with Crippen molar-refractivity contribution in [2.75, 3.05) is 0 Å². The topological polar surface area (TPSA) is 0 Å². The third-order valence-corrected chi connectivity index (χ3v) is 6.32. The van der Waals surface area contributed by atoms with Crippen molar-refractivity contribution in [3.05, 3.63) is 0 Å². The molecule has 4 atom stereocenters. The molecule has 80 valence electrons. The molecule has 0 heterocycles. The van der Waals surface area contributed by atoms with Gasteiger partial charge in [-0.2, -0.15) is 0 Å². The zero-order valence-electron chi connectivity index (χ0n) is 7.65. The van der Waals surface area contributed by atoms with E-state index in [1.807, 2.05) is 0 Å². The minimum absolute atomic E-state index is 0.353. The van der Waals surface area contributed by atoms with Crippen LogP contribution in [0.2, 0.25) is 0 Å². The van der Waals surface area contributed by atoms with Crippen molar-refractivity contribution in [3.8, 4) is 0 Å². The Bertz CT molecular complexity index is 245. The first kappa shape index (κ1) is 10.3. The molecule has 0 saturated heterocycles. The SMILES string of the molecule is ClC1(Cl)[C@H]2[C@@H]3[C@H](CCCC[C@H]21)C3(Cl)Cl. The van der Waals surface area contributed by atoms with E-state index in [2.05, 4.69) is 0 Å². The van der Waals surface area contributed by atoms with Crippen LogP contribution in [0, 0.1) is 23.7 Å². The maximum atomic E-state index is 6.26. The van der Waals surface area contributed by atoms with E-state index in [4.69, 9.17) is 46.4 Å². The van der Waals surface area contributed by atoms with Crippen LogP contribution in [0.15, 0.2) is 0 Å². The van der Waals surface area contributed by atoms with Gasteiger partial charge in [-0.25, -0.2) is 0 Å². The minimum atomic E-state index is -0.529. The number of rotatable bonds is 0. The zero-order valence-corrected chi connectivity index (χ0v) is 10.7. The Hall–Kier alpha value is 1.16. The van der Waals surface area contributed by atoms with Crippen LogP contribution >= 0.6 is 46.4 Å². The molecule has 3 aliphatic rings. The van der Waals surface area contributed by atoms with Crippen molar-refractivity contribution < 1.29 is 0 Å². The zero-order chi connectivity index (χ0) is 10.1. The van der Waals surface area contributed by atoms with Crippen molar-refractivity contribution in [2.45, 2.75) is 34.3 Å². The molecular formula is C10H12Cl4. The van der Waals surface area contributed by atoms with Crippen molar-refractivity contribution in [1.82, 2.24) is 0 Å². The van der Waals surface area contributed by atoms with Crippen LogP contribution in [-0.2, 0) is 0 Å². The third-order valence-electron chi connectivity index (χ3n) is 4.19. The van der Waals surface area contributed by atoms with E-state index in [1.54, 1.807) is 0 Å². The van der Waals surface area contributed by atoms with Gasteiger partial charge in [0.15, 0.2) is 0 Å². The molecule has 3 saturated carbocycles. The van der Waals surface area contributed by atoms with Crippen LogP contribution in [0.4, 0.5) is 0 Å². The highest BCUT2D eigenvalue weighted by Crippen LogP contribution is 2.77. The lowest BCUT2D eigenvalue weighted by Crippen LogP contribution is -1.98. The normalized spacial score (nSPS) is 52.3. The molecule has 0 N–H and O–H groups in total. The minimum Gasteiger partial charge on any atom is -0.101 e. The number of hydrogen-bond acceptors (Lipinski definition) is 0. The van der Waals surface area contributed by atoms with Gasteiger partial charge in [0.2, 0.25) is 0 Å². The van der Waals surface area contributed by atoms with Gasteiger partial charge in [0.1, 0.15) is 8.67 Å². The molecule has 0 unspecified atom stereocenters. The summed E-state index contributed by atoms with van der Waals surface area (Å²) in [7, 11) is 0. The maximum absolute atomic E-state index is 6.26. The average molecular weight is 274 g/mol. The lowest BCUT2D eigenvalue weighted by Gasteiger charge is -2.03. The van der Waals surface area contributed by atoms with E-state index in [-0.39, 0.29) is 0 Å². The second-order valence-electron chi connectivity index (χ2n) is 4.90. The first-order valence-corrected chi connectivity index (χ1v) is 6.74. The van der Waals surface area contributed by atoms with Crippen LogP contribution in [-0.4, -0.2) is 8.67 Å². The van der Waals surface area contributed by atoms with Crippen molar-refractivity contribution in [3.63, 3.8) is 0 Å². The number of hydrogen-bond donors (Lipinski definition) is 0. The molecule has 0 aliphatic heterocycles. The van der Waals surface area contributed by atoms with Crippen LogP contribution < -0.4 is 0 Å². The molecule has 3 fully saturated rings. The Morgan fingerprint density at radius 1 is 0.714 bits per heavy atom. The molecule has 0 spiro atoms. The molecule has 3 aliphatic carbocycles. The summed E-state index contributed by atoms with van der Waals surface area (Å²) in [5.74, 6) is 1.59. The highest BCUT2D eigenvalue weighted by Gasteiger charge is 2.78. The van der Waals surface area contributed by atoms with E-state index in [0.29, 0.717) is 23.7 Å². The second-order valence-corrected chi connectivity index (χ2v) is 7.79. The summed E-state index contributed by atoms with van der Waals surface area (Å²) in [4.78, 5) is 0. The number of halogens is 4. The van der Waals surface area contributed by atoms with Gasteiger partial charge in [-0.15, -0.1) is 46.4 Å². The molecule has 0 nitrogen and oxygen atoms in total. The molecule has 14 heavy (non-hydrogen) atoms. The van der Waals surface area contributed by atoms with E-state index < -0.39 is 8.67 Å². The van der Waals surface area contributed by atoms with E-state index in [0.717, 1.165) is 12.8 Å². The summed E-state index contributed by atoms with van der Waals surface area (Å²) < 4.78 is -1.06. The third kappa shape index (κ3) is 1.21. The number of fused-ring (bicyclic) bond motifs is 3. The monoisotopic (exact) mass is 272 g/mol. The summed E-state index contributed by atoms with van der Waals surface area (Å²) in [5.41, 5.74) is 0. The quantitative estimate of drug-likeness (QED) is 0.574. The Morgan fingerprint density at radius 2 is 1.07 bits per heavy atom. The van der Waals surface area contributed by atoms with Gasteiger partial charge in [0, 0.05) is 11.8 Å². The smallest absolute Gasteiger partial charge is 0.101 e. The molecule has 0 amide bonds.